The summed E-state index contributed by atoms with van der Waals surface area (Å²) in [5.74, 6) is 1.60. The summed E-state index contributed by atoms with van der Waals surface area (Å²) in [6.07, 6.45) is 6.57. The van der Waals surface area contributed by atoms with E-state index in [-0.39, 0.29) is 12.5 Å². The molecule has 0 aromatic rings. The molecule has 1 rings (SSSR count). The van der Waals surface area contributed by atoms with Gasteiger partial charge in [-0.25, -0.2) is 0 Å². The van der Waals surface area contributed by atoms with Crippen molar-refractivity contribution in [3.8, 4) is 6.07 Å². The maximum Gasteiger partial charge on any atom is 0.234 e. The molecule has 17 heavy (non-hydrogen) atoms. The topological polar surface area (TPSA) is 64.9 Å². The minimum atomic E-state index is -0.0939. The summed E-state index contributed by atoms with van der Waals surface area (Å²) in [6.45, 7) is 3.65. The molecule has 0 bridgehead atoms. The van der Waals surface area contributed by atoms with Crippen LogP contribution in [0, 0.1) is 23.2 Å². The zero-order valence-corrected chi connectivity index (χ0v) is 10.7. The van der Waals surface area contributed by atoms with Crippen molar-refractivity contribution >= 4 is 5.91 Å². The third-order valence-electron chi connectivity index (χ3n) is 3.42. The van der Waals surface area contributed by atoms with Crippen LogP contribution >= 0.6 is 0 Å². The number of carbonyl (C=O) groups excluding carboxylic acids is 1. The summed E-state index contributed by atoms with van der Waals surface area (Å²) in [5.41, 5.74) is 0. The standard InChI is InChI=1S/C13H23N3O/c1-11-3-2-4-12(9-11)5-7-15-10-13(17)16-8-6-14/h11-12,15H,2-5,7-10H2,1H3,(H,16,17). The molecule has 1 amide bonds. The van der Waals surface area contributed by atoms with Gasteiger partial charge in [0.25, 0.3) is 0 Å². The molecule has 96 valence electrons. The number of rotatable bonds is 6. The van der Waals surface area contributed by atoms with Crippen LogP contribution in [-0.2, 0) is 4.79 Å². The van der Waals surface area contributed by atoms with Crippen LogP contribution in [0.15, 0.2) is 0 Å². The van der Waals surface area contributed by atoms with Gasteiger partial charge in [0.2, 0.25) is 5.91 Å². The molecule has 0 spiro atoms. The van der Waals surface area contributed by atoms with Crippen molar-refractivity contribution in [3.63, 3.8) is 0 Å². The monoisotopic (exact) mass is 237 g/mol. The number of amides is 1. The van der Waals surface area contributed by atoms with Gasteiger partial charge in [-0.1, -0.05) is 26.2 Å². The summed E-state index contributed by atoms with van der Waals surface area (Å²) in [7, 11) is 0. The Bertz CT molecular complexity index is 272. The lowest BCUT2D eigenvalue weighted by molar-refractivity contribution is -0.120. The third-order valence-corrected chi connectivity index (χ3v) is 3.42. The summed E-state index contributed by atoms with van der Waals surface area (Å²) >= 11 is 0. The highest BCUT2D eigenvalue weighted by molar-refractivity contribution is 5.78. The highest BCUT2D eigenvalue weighted by Gasteiger charge is 2.18. The van der Waals surface area contributed by atoms with Crippen molar-refractivity contribution in [2.75, 3.05) is 19.6 Å². The zero-order chi connectivity index (χ0) is 12.5. The molecule has 1 aliphatic rings. The molecule has 2 N–H and O–H groups in total. The number of nitrogens with zero attached hydrogens (tertiary/aromatic N) is 1. The Morgan fingerprint density at radius 1 is 1.47 bits per heavy atom. The van der Waals surface area contributed by atoms with Crippen molar-refractivity contribution < 1.29 is 4.79 Å². The van der Waals surface area contributed by atoms with E-state index in [1.165, 1.54) is 25.7 Å². The molecule has 2 atom stereocenters. The average Bonchev–Trinajstić information content (AvgIpc) is 2.32. The predicted molar refractivity (Wildman–Crippen MR) is 67.2 cm³/mol. The molecule has 2 unspecified atom stereocenters. The second kappa shape index (κ2) is 8.08. The fourth-order valence-electron chi connectivity index (χ4n) is 2.53. The molecule has 4 nitrogen and oxygen atoms in total. The first-order valence-electron chi connectivity index (χ1n) is 6.56. The lowest BCUT2D eigenvalue weighted by atomic mass is 9.81. The second-order valence-corrected chi connectivity index (χ2v) is 5.04. The van der Waals surface area contributed by atoms with Gasteiger partial charge in [0.05, 0.1) is 12.6 Å². The first kappa shape index (κ1) is 14.0. The minimum absolute atomic E-state index is 0.0939. The molecule has 0 aromatic heterocycles. The SMILES string of the molecule is CC1CCCC(CCNCC(=O)NCC#N)C1. The molecule has 0 aliphatic heterocycles. The highest BCUT2D eigenvalue weighted by Crippen LogP contribution is 2.30. The highest BCUT2D eigenvalue weighted by atomic mass is 16.1. The van der Waals surface area contributed by atoms with E-state index < -0.39 is 0 Å². The number of carbonyl (C=O) groups is 1. The lowest BCUT2D eigenvalue weighted by Crippen LogP contribution is -2.35. The third kappa shape index (κ3) is 6.28. The van der Waals surface area contributed by atoms with Crippen LogP contribution in [0.25, 0.3) is 0 Å². The summed E-state index contributed by atoms with van der Waals surface area (Å²) < 4.78 is 0. The number of nitrogens with one attached hydrogen (secondary N) is 2. The van der Waals surface area contributed by atoms with Gasteiger partial charge in [0, 0.05) is 0 Å². The zero-order valence-electron chi connectivity index (χ0n) is 10.7. The molecule has 1 fully saturated rings. The van der Waals surface area contributed by atoms with Gasteiger partial charge in [-0.3, -0.25) is 4.79 Å². The lowest BCUT2D eigenvalue weighted by Gasteiger charge is -2.26. The Kier molecular flexibility index (Phi) is 6.64. The van der Waals surface area contributed by atoms with Crippen LogP contribution in [0.1, 0.15) is 39.0 Å². The Morgan fingerprint density at radius 2 is 2.29 bits per heavy atom. The molecular formula is C13H23N3O. The van der Waals surface area contributed by atoms with Crippen LogP contribution in [0.5, 0.6) is 0 Å². The summed E-state index contributed by atoms with van der Waals surface area (Å²) in [5, 5.41) is 13.9. The van der Waals surface area contributed by atoms with E-state index in [1.54, 1.807) is 0 Å². The first-order valence-corrected chi connectivity index (χ1v) is 6.56. The van der Waals surface area contributed by atoms with Crippen molar-refractivity contribution in [1.29, 1.82) is 5.26 Å². The molecule has 4 heteroatoms. The van der Waals surface area contributed by atoms with Gasteiger partial charge in [0.1, 0.15) is 6.54 Å². The van der Waals surface area contributed by atoms with E-state index >= 15 is 0 Å². The van der Waals surface area contributed by atoms with E-state index in [2.05, 4.69) is 17.6 Å². The van der Waals surface area contributed by atoms with Crippen molar-refractivity contribution in [2.45, 2.75) is 39.0 Å². The second-order valence-electron chi connectivity index (χ2n) is 5.04. The quantitative estimate of drug-likeness (QED) is 0.542. The molecule has 1 saturated carbocycles. The predicted octanol–water partition coefficient (Wildman–Crippen LogP) is 1.43. The molecule has 1 aliphatic carbocycles. The van der Waals surface area contributed by atoms with E-state index in [0.29, 0.717) is 6.54 Å². The number of hydrogen-bond acceptors (Lipinski definition) is 3. The maximum absolute atomic E-state index is 11.2. The summed E-state index contributed by atoms with van der Waals surface area (Å²) in [6, 6.07) is 1.89. The van der Waals surface area contributed by atoms with Gasteiger partial charge < -0.3 is 10.6 Å². The Labute approximate surface area is 104 Å². The van der Waals surface area contributed by atoms with E-state index in [1.807, 2.05) is 6.07 Å². The van der Waals surface area contributed by atoms with Gasteiger partial charge >= 0.3 is 0 Å². The fourth-order valence-corrected chi connectivity index (χ4v) is 2.53. The molecular weight excluding hydrogens is 214 g/mol. The molecule has 0 aromatic carbocycles. The summed E-state index contributed by atoms with van der Waals surface area (Å²) in [4.78, 5) is 11.2. The largest absolute Gasteiger partial charge is 0.342 e. The van der Waals surface area contributed by atoms with Crippen LogP contribution in [0.4, 0.5) is 0 Å². The van der Waals surface area contributed by atoms with Gasteiger partial charge in [-0.05, 0) is 31.2 Å². The Morgan fingerprint density at radius 3 is 3.00 bits per heavy atom. The van der Waals surface area contributed by atoms with Crippen molar-refractivity contribution in [1.82, 2.24) is 10.6 Å². The van der Waals surface area contributed by atoms with E-state index in [4.69, 9.17) is 5.26 Å². The minimum Gasteiger partial charge on any atom is -0.342 e. The number of hydrogen-bond donors (Lipinski definition) is 2. The fraction of sp³-hybridized carbons (Fsp3) is 0.846. The van der Waals surface area contributed by atoms with Crippen LogP contribution in [-0.4, -0.2) is 25.5 Å². The van der Waals surface area contributed by atoms with Gasteiger partial charge in [-0.15, -0.1) is 0 Å². The van der Waals surface area contributed by atoms with Crippen LogP contribution < -0.4 is 10.6 Å². The van der Waals surface area contributed by atoms with Crippen LogP contribution in [0.2, 0.25) is 0 Å². The molecule has 0 saturated heterocycles. The maximum atomic E-state index is 11.2. The van der Waals surface area contributed by atoms with Crippen molar-refractivity contribution in [3.05, 3.63) is 0 Å². The smallest absolute Gasteiger partial charge is 0.234 e. The first-order chi connectivity index (χ1) is 8.22. The van der Waals surface area contributed by atoms with Gasteiger partial charge in [0.15, 0.2) is 0 Å². The van der Waals surface area contributed by atoms with E-state index in [9.17, 15) is 4.79 Å². The van der Waals surface area contributed by atoms with Crippen LogP contribution in [0.3, 0.4) is 0 Å². The molecule has 0 heterocycles. The molecule has 0 radical (unpaired) electrons. The normalized spacial score (nSPS) is 24.0. The van der Waals surface area contributed by atoms with Crippen molar-refractivity contribution in [2.24, 2.45) is 11.8 Å². The van der Waals surface area contributed by atoms with Gasteiger partial charge in [-0.2, -0.15) is 5.26 Å². The van der Waals surface area contributed by atoms with E-state index in [0.717, 1.165) is 24.8 Å². The number of nitriles is 1. The Balaban J connectivity index is 2.00. The Hall–Kier alpha value is -1.08. The average molecular weight is 237 g/mol.